The molecule has 0 saturated carbocycles. The van der Waals surface area contributed by atoms with Gasteiger partial charge in [-0.2, -0.15) is 0 Å². The molecule has 0 radical (unpaired) electrons. The van der Waals surface area contributed by atoms with Crippen molar-refractivity contribution in [2.24, 2.45) is 7.05 Å². The van der Waals surface area contributed by atoms with Crippen LogP contribution in [0.1, 0.15) is 23.7 Å². The lowest BCUT2D eigenvalue weighted by Gasteiger charge is -2.21. The zero-order valence-electron chi connectivity index (χ0n) is 17.1. The number of rotatable bonds is 6. The van der Waals surface area contributed by atoms with E-state index in [1.54, 1.807) is 9.58 Å². The van der Waals surface area contributed by atoms with E-state index >= 15 is 0 Å². The molecular weight excluding hydrogens is 372 g/mol. The highest BCUT2D eigenvalue weighted by molar-refractivity contribution is 5.85. The number of carbonyl (C=O) groups excluding carboxylic acids is 1. The number of hydrogen-bond donors (Lipinski definition) is 0. The Morgan fingerprint density at radius 1 is 1.24 bits per heavy atom. The number of amides is 1. The minimum Gasteiger partial charge on any atom is -0.466 e. The van der Waals surface area contributed by atoms with Crippen LogP contribution in [0.3, 0.4) is 0 Å². The molecule has 1 aliphatic heterocycles. The second-order valence-corrected chi connectivity index (χ2v) is 7.09. The van der Waals surface area contributed by atoms with Gasteiger partial charge < -0.3 is 19.1 Å². The highest BCUT2D eigenvalue weighted by Gasteiger charge is 2.19. The maximum Gasteiger partial charge on any atom is 0.260 e. The second kappa shape index (κ2) is 7.62. The van der Waals surface area contributed by atoms with Crippen molar-refractivity contribution >= 4 is 16.9 Å². The van der Waals surface area contributed by atoms with Gasteiger partial charge >= 0.3 is 0 Å². The Bertz CT molecular complexity index is 1080. The standard InChI is InChI=1S/C21H24N4O4/c1-5-25(10-15-6-7-16-17(9-15)29-12-28-16)18(26)11-27-21-19-13(2)8-14(3)22-20(19)24(4)23-21/h6-9H,5,10-12H2,1-4H3. The van der Waals surface area contributed by atoms with Gasteiger partial charge in [-0.1, -0.05) is 6.07 Å². The monoisotopic (exact) mass is 396 g/mol. The maximum atomic E-state index is 12.8. The lowest BCUT2D eigenvalue weighted by Crippen LogP contribution is -2.34. The smallest absolute Gasteiger partial charge is 0.260 e. The van der Waals surface area contributed by atoms with Crippen LogP contribution in [0, 0.1) is 13.8 Å². The van der Waals surface area contributed by atoms with Crippen molar-refractivity contribution in [3.05, 3.63) is 41.1 Å². The Labute approximate surface area is 169 Å². The van der Waals surface area contributed by atoms with Crippen molar-refractivity contribution in [1.82, 2.24) is 19.7 Å². The molecule has 0 bridgehead atoms. The highest BCUT2D eigenvalue weighted by atomic mass is 16.7. The number of nitrogens with zero attached hydrogens (tertiary/aromatic N) is 4. The number of likely N-dealkylation sites (N-methyl/N-ethyl adjacent to an activating group) is 1. The molecule has 0 saturated heterocycles. The summed E-state index contributed by atoms with van der Waals surface area (Å²) < 4.78 is 18.2. The molecule has 0 atom stereocenters. The first-order valence-corrected chi connectivity index (χ1v) is 9.56. The number of ether oxygens (including phenoxy) is 3. The quantitative estimate of drug-likeness (QED) is 0.638. The third-order valence-electron chi connectivity index (χ3n) is 4.96. The van der Waals surface area contributed by atoms with Crippen molar-refractivity contribution in [2.75, 3.05) is 19.9 Å². The van der Waals surface area contributed by atoms with E-state index in [0.29, 0.717) is 24.7 Å². The SMILES string of the molecule is CCN(Cc1ccc2c(c1)OCO2)C(=O)COc1nn(C)c2nc(C)cc(C)c12. The summed E-state index contributed by atoms with van der Waals surface area (Å²) in [7, 11) is 1.82. The normalized spacial score (nSPS) is 12.4. The third kappa shape index (κ3) is 3.70. The first-order valence-electron chi connectivity index (χ1n) is 9.56. The number of pyridine rings is 1. The van der Waals surface area contributed by atoms with Crippen LogP contribution in [0.25, 0.3) is 11.0 Å². The fourth-order valence-corrected chi connectivity index (χ4v) is 3.51. The van der Waals surface area contributed by atoms with Crippen LogP contribution in [-0.4, -0.2) is 45.5 Å². The summed E-state index contributed by atoms with van der Waals surface area (Å²) in [5, 5.41) is 5.24. The molecule has 0 N–H and O–H groups in total. The highest BCUT2D eigenvalue weighted by Crippen LogP contribution is 2.33. The zero-order valence-corrected chi connectivity index (χ0v) is 17.1. The summed E-state index contributed by atoms with van der Waals surface area (Å²) in [6.45, 7) is 7.06. The van der Waals surface area contributed by atoms with Crippen molar-refractivity contribution < 1.29 is 19.0 Å². The number of hydrogen-bond acceptors (Lipinski definition) is 6. The Morgan fingerprint density at radius 2 is 2.03 bits per heavy atom. The first-order chi connectivity index (χ1) is 14.0. The molecule has 8 nitrogen and oxygen atoms in total. The fourth-order valence-electron chi connectivity index (χ4n) is 3.51. The van der Waals surface area contributed by atoms with E-state index in [4.69, 9.17) is 14.2 Å². The summed E-state index contributed by atoms with van der Waals surface area (Å²) in [6.07, 6.45) is 0. The van der Waals surface area contributed by atoms with Crippen molar-refractivity contribution in [2.45, 2.75) is 27.3 Å². The van der Waals surface area contributed by atoms with Gasteiger partial charge in [-0.3, -0.25) is 4.79 Å². The number of aryl methyl sites for hydroxylation is 3. The number of aromatic nitrogens is 3. The van der Waals surface area contributed by atoms with Gasteiger partial charge in [-0.25, -0.2) is 9.67 Å². The molecule has 29 heavy (non-hydrogen) atoms. The average Bonchev–Trinajstić information content (AvgIpc) is 3.28. The van der Waals surface area contributed by atoms with Gasteiger partial charge in [0.25, 0.3) is 5.91 Å². The molecule has 3 aromatic rings. The molecule has 2 aromatic heterocycles. The number of carbonyl (C=O) groups is 1. The van der Waals surface area contributed by atoms with E-state index in [-0.39, 0.29) is 19.3 Å². The van der Waals surface area contributed by atoms with Gasteiger partial charge in [0.2, 0.25) is 12.7 Å². The third-order valence-corrected chi connectivity index (χ3v) is 4.96. The van der Waals surface area contributed by atoms with Crippen LogP contribution in [-0.2, 0) is 18.4 Å². The van der Waals surface area contributed by atoms with Gasteiger partial charge in [0, 0.05) is 25.8 Å². The van der Waals surface area contributed by atoms with E-state index in [0.717, 1.165) is 33.6 Å². The molecule has 3 heterocycles. The van der Waals surface area contributed by atoms with Gasteiger partial charge in [-0.05, 0) is 50.1 Å². The van der Waals surface area contributed by atoms with Gasteiger partial charge in [0.05, 0.1) is 5.39 Å². The van der Waals surface area contributed by atoms with Gasteiger partial charge in [0.15, 0.2) is 23.8 Å². The topological polar surface area (TPSA) is 78.7 Å². The lowest BCUT2D eigenvalue weighted by molar-refractivity contribution is -0.133. The Kier molecular flexibility index (Phi) is 5.00. The molecule has 0 spiro atoms. The van der Waals surface area contributed by atoms with E-state index < -0.39 is 0 Å². The van der Waals surface area contributed by atoms with Crippen LogP contribution in [0.4, 0.5) is 0 Å². The molecule has 152 valence electrons. The van der Waals surface area contributed by atoms with Crippen LogP contribution in [0.5, 0.6) is 17.4 Å². The maximum absolute atomic E-state index is 12.8. The fraction of sp³-hybridized carbons (Fsp3) is 0.381. The minimum atomic E-state index is -0.110. The van der Waals surface area contributed by atoms with Crippen LogP contribution < -0.4 is 14.2 Å². The Balaban J connectivity index is 1.46. The summed E-state index contributed by atoms with van der Waals surface area (Å²) >= 11 is 0. The Hall–Kier alpha value is -3.29. The molecule has 1 aliphatic rings. The summed E-state index contributed by atoms with van der Waals surface area (Å²) in [5.74, 6) is 1.76. The number of benzene rings is 1. The second-order valence-electron chi connectivity index (χ2n) is 7.09. The predicted octanol–water partition coefficient (Wildman–Crippen LogP) is 2.74. The van der Waals surface area contributed by atoms with Crippen LogP contribution in [0.15, 0.2) is 24.3 Å². The van der Waals surface area contributed by atoms with E-state index in [1.807, 2.05) is 52.1 Å². The molecule has 8 heteroatoms. The predicted molar refractivity (Wildman–Crippen MR) is 107 cm³/mol. The summed E-state index contributed by atoms with van der Waals surface area (Å²) in [4.78, 5) is 19.0. The largest absolute Gasteiger partial charge is 0.466 e. The van der Waals surface area contributed by atoms with E-state index in [2.05, 4.69) is 10.1 Å². The molecule has 0 unspecified atom stereocenters. The molecule has 1 amide bonds. The molecule has 0 aliphatic carbocycles. The molecular formula is C21H24N4O4. The van der Waals surface area contributed by atoms with Crippen LogP contribution >= 0.6 is 0 Å². The molecule has 4 rings (SSSR count). The minimum absolute atomic E-state index is 0.0855. The lowest BCUT2D eigenvalue weighted by atomic mass is 10.2. The summed E-state index contributed by atoms with van der Waals surface area (Å²) in [5.41, 5.74) is 3.66. The van der Waals surface area contributed by atoms with Crippen molar-refractivity contribution in [3.8, 4) is 17.4 Å². The Morgan fingerprint density at radius 3 is 2.83 bits per heavy atom. The summed E-state index contributed by atoms with van der Waals surface area (Å²) in [6, 6.07) is 7.69. The van der Waals surface area contributed by atoms with E-state index in [1.165, 1.54) is 0 Å². The van der Waals surface area contributed by atoms with Gasteiger partial charge in [0.1, 0.15) is 0 Å². The zero-order chi connectivity index (χ0) is 20.5. The van der Waals surface area contributed by atoms with Gasteiger partial charge in [-0.15, -0.1) is 5.10 Å². The van der Waals surface area contributed by atoms with Crippen LogP contribution in [0.2, 0.25) is 0 Å². The first kappa shape index (κ1) is 19.0. The van der Waals surface area contributed by atoms with Crippen molar-refractivity contribution in [3.63, 3.8) is 0 Å². The van der Waals surface area contributed by atoms with Crippen molar-refractivity contribution in [1.29, 1.82) is 0 Å². The molecule has 0 fully saturated rings. The average molecular weight is 396 g/mol. The van der Waals surface area contributed by atoms with E-state index in [9.17, 15) is 4.79 Å². The number of fused-ring (bicyclic) bond motifs is 2. The molecule has 1 aromatic carbocycles.